The summed E-state index contributed by atoms with van der Waals surface area (Å²) in [4.78, 5) is 0. The first kappa shape index (κ1) is 9.71. The van der Waals surface area contributed by atoms with Crippen LogP contribution in [0, 0.1) is 0 Å². The van der Waals surface area contributed by atoms with Crippen LogP contribution >= 0.6 is 0 Å². The molecule has 1 aromatic carbocycles. The van der Waals surface area contributed by atoms with Gasteiger partial charge in [0.25, 0.3) is 0 Å². The monoisotopic (exact) mass is 191 g/mol. The molecule has 1 aliphatic rings. The number of hydrogen-bond acceptors (Lipinski definition) is 3. The van der Waals surface area contributed by atoms with Crippen LogP contribution < -0.4 is 10.8 Å². The zero-order valence-electron chi connectivity index (χ0n) is 7.98. The Hall–Kier alpha value is -0.835. The number of hydrogen-bond donors (Lipinski definition) is 3. The van der Waals surface area contributed by atoms with Gasteiger partial charge in [-0.15, -0.1) is 0 Å². The number of rotatable bonds is 2. The van der Waals surface area contributed by atoms with Gasteiger partial charge in [0.15, 0.2) is 0 Å². The Morgan fingerprint density at radius 3 is 2.43 bits per heavy atom. The van der Waals surface area contributed by atoms with Crippen LogP contribution in [-0.4, -0.2) is 23.7 Å². The molecule has 0 spiro atoms. The number of benzene rings is 1. The second kappa shape index (κ2) is 4.13. The molecule has 1 saturated heterocycles. The summed E-state index contributed by atoms with van der Waals surface area (Å²) in [5, 5.41) is 21.2. The van der Waals surface area contributed by atoms with Crippen molar-refractivity contribution in [1.82, 2.24) is 5.32 Å². The van der Waals surface area contributed by atoms with Gasteiger partial charge in [-0.2, -0.15) is 0 Å². The summed E-state index contributed by atoms with van der Waals surface area (Å²) in [6.07, 6.45) is 2.38. The third-order valence-electron chi connectivity index (χ3n) is 2.70. The Kier molecular flexibility index (Phi) is 2.86. The quantitative estimate of drug-likeness (QED) is 0.567. The molecule has 0 saturated carbocycles. The molecular weight excluding hydrogens is 177 g/mol. The third kappa shape index (κ3) is 1.98. The van der Waals surface area contributed by atoms with E-state index in [1.165, 1.54) is 18.4 Å². The highest BCUT2D eigenvalue weighted by Gasteiger charge is 2.17. The van der Waals surface area contributed by atoms with Gasteiger partial charge in [-0.1, -0.05) is 24.3 Å². The summed E-state index contributed by atoms with van der Waals surface area (Å²) in [5.74, 6) is 0. The van der Waals surface area contributed by atoms with Crippen LogP contribution in [0.2, 0.25) is 0 Å². The molecule has 1 unspecified atom stereocenters. The van der Waals surface area contributed by atoms with E-state index < -0.39 is 7.12 Å². The van der Waals surface area contributed by atoms with Gasteiger partial charge >= 0.3 is 7.12 Å². The van der Waals surface area contributed by atoms with E-state index in [1.54, 1.807) is 12.1 Å². The SMILES string of the molecule is OB(O)c1ccc(C2CCCN2)cc1. The highest BCUT2D eigenvalue weighted by molar-refractivity contribution is 6.58. The summed E-state index contributed by atoms with van der Waals surface area (Å²) in [6.45, 7) is 1.08. The number of nitrogens with one attached hydrogen (secondary N) is 1. The zero-order chi connectivity index (χ0) is 9.97. The topological polar surface area (TPSA) is 52.5 Å². The van der Waals surface area contributed by atoms with Gasteiger partial charge in [0, 0.05) is 6.04 Å². The first-order valence-electron chi connectivity index (χ1n) is 4.97. The van der Waals surface area contributed by atoms with Crippen LogP contribution in [-0.2, 0) is 0 Å². The summed E-state index contributed by atoms with van der Waals surface area (Å²) >= 11 is 0. The predicted molar refractivity (Wildman–Crippen MR) is 56.2 cm³/mol. The molecule has 1 fully saturated rings. The van der Waals surface area contributed by atoms with E-state index in [4.69, 9.17) is 10.0 Å². The summed E-state index contributed by atoms with van der Waals surface area (Å²) < 4.78 is 0. The van der Waals surface area contributed by atoms with E-state index in [0.717, 1.165) is 6.54 Å². The van der Waals surface area contributed by atoms with Crippen molar-refractivity contribution in [3.05, 3.63) is 29.8 Å². The molecule has 1 aliphatic heterocycles. The molecule has 0 amide bonds. The summed E-state index contributed by atoms with van der Waals surface area (Å²) in [5.41, 5.74) is 1.78. The molecule has 3 N–H and O–H groups in total. The fourth-order valence-electron chi connectivity index (χ4n) is 1.87. The molecule has 0 bridgehead atoms. The smallest absolute Gasteiger partial charge is 0.423 e. The first-order valence-corrected chi connectivity index (χ1v) is 4.97. The molecule has 2 rings (SSSR count). The Labute approximate surface area is 83.9 Å². The van der Waals surface area contributed by atoms with Crippen LogP contribution in [0.4, 0.5) is 0 Å². The molecule has 1 heterocycles. The van der Waals surface area contributed by atoms with Crippen LogP contribution in [0.1, 0.15) is 24.4 Å². The largest absolute Gasteiger partial charge is 0.488 e. The van der Waals surface area contributed by atoms with Crippen molar-refractivity contribution in [1.29, 1.82) is 0 Å². The lowest BCUT2D eigenvalue weighted by Gasteiger charge is -2.10. The van der Waals surface area contributed by atoms with Crippen molar-refractivity contribution >= 4 is 12.6 Å². The molecule has 3 nitrogen and oxygen atoms in total. The third-order valence-corrected chi connectivity index (χ3v) is 2.70. The van der Waals surface area contributed by atoms with Gasteiger partial charge < -0.3 is 15.4 Å². The van der Waals surface area contributed by atoms with Crippen molar-refractivity contribution < 1.29 is 10.0 Å². The van der Waals surface area contributed by atoms with Crippen LogP contribution in [0.5, 0.6) is 0 Å². The van der Waals surface area contributed by atoms with Crippen molar-refractivity contribution in [2.45, 2.75) is 18.9 Å². The molecule has 14 heavy (non-hydrogen) atoms. The van der Waals surface area contributed by atoms with E-state index in [9.17, 15) is 0 Å². The fourth-order valence-corrected chi connectivity index (χ4v) is 1.87. The van der Waals surface area contributed by atoms with E-state index in [0.29, 0.717) is 11.5 Å². The van der Waals surface area contributed by atoms with E-state index in [2.05, 4.69) is 5.32 Å². The molecule has 0 aliphatic carbocycles. The Balaban J connectivity index is 2.12. The summed E-state index contributed by atoms with van der Waals surface area (Å²) in [7, 11) is -1.36. The minimum Gasteiger partial charge on any atom is -0.423 e. The van der Waals surface area contributed by atoms with Crippen LogP contribution in [0.15, 0.2) is 24.3 Å². The standard InChI is InChI=1S/C10H14BNO2/c13-11(14)9-5-3-8(4-6-9)10-2-1-7-12-10/h3-6,10,12-14H,1-2,7H2. The highest BCUT2D eigenvalue weighted by atomic mass is 16.4. The Morgan fingerprint density at radius 1 is 1.21 bits per heavy atom. The molecule has 4 heteroatoms. The molecule has 1 aromatic rings. The van der Waals surface area contributed by atoms with Gasteiger partial charge in [-0.3, -0.25) is 0 Å². The molecule has 0 radical (unpaired) electrons. The minimum atomic E-state index is -1.36. The van der Waals surface area contributed by atoms with E-state index in [1.807, 2.05) is 12.1 Å². The lowest BCUT2D eigenvalue weighted by molar-refractivity contribution is 0.425. The Morgan fingerprint density at radius 2 is 1.93 bits per heavy atom. The maximum Gasteiger partial charge on any atom is 0.488 e. The summed E-state index contributed by atoms with van der Waals surface area (Å²) in [6, 6.07) is 7.88. The molecule has 74 valence electrons. The average molecular weight is 191 g/mol. The van der Waals surface area contributed by atoms with Gasteiger partial charge in [-0.25, -0.2) is 0 Å². The predicted octanol–water partition coefficient (Wildman–Crippen LogP) is -0.209. The lowest BCUT2D eigenvalue weighted by Crippen LogP contribution is -2.29. The van der Waals surface area contributed by atoms with Gasteiger partial charge in [0.1, 0.15) is 0 Å². The van der Waals surface area contributed by atoms with E-state index in [-0.39, 0.29) is 0 Å². The molecule has 0 aromatic heterocycles. The van der Waals surface area contributed by atoms with Crippen LogP contribution in [0.3, 0.4) is 0 Å². The van der Waals surface area contributed by atoms with Gasteiger partial charge in [0.05, 0.1) is 0 Å². The maximum atomic E-state index is 8.92. The second-order valence-corrected chi connectivity index (χ2v) is 3.69. The van der Waals surface area contributed by atoms with E-state index >= 15 is 0 Å². The van der Waals surface area contributed by atoms with Crippen LogP contribution in [0.25, 0.3) is 0 Å². The second-order valence-electron chi connectivity index (χ2n) is 3.69. The normalized spacial score (nSPS) is 21.1. The lowest BCUT2D eigenvalue weighted by atomic mass is 9.80. The maximum absolute atomic E-state index is 8.92. The first-order chi connectivity index (χ1) is 6.77. The minimum absolute atomic E-state index is 0.444. The van der Waals surface area contributed by atoms with Gasteiger partial charge in [0.2, 0.25) is 0 Å². The van der Waals surface area contributed by atoms with Crippen molar-refractivity contribution in [2.24, 2.45) is 0 Å². The zero-order valence-corrected chi connectivity index (χ0v) is 7.98. The van der Waals surface area contributed by atoms with Gasteiger partial charge in [-0.05, 0) is 30.4 Å². The Bertz CT molecular complexity index is 293. The van der Waals surface area contributed by atoms with Crippen molar-refractivity contribution in [2.75, 3.05) is 6.54 Å². The average Bonchev–Trinajstić information content (AvgIpc) is 2.71. The van der Waals surface area contributed by atoms with Crippen molar-refractivity contribution in [3.8, 4) is 0 Å². The highest BCUT2D eigenvalue weighted by Crippen LogP contribution is 2.21. The molecular formula is C10H14BNO2. The fraction of sp³-hybridized carbons (Fsp3) is 0.400. The van der Waals surface area contributed by atoms with Crippen molar-refractivity contribution in [3.63, 3.8) is 0 Å². The molecule has 1 atom stereocenters.